The van der Waals surface area contributed by atoms with Crippen molar-refractivity contribution < 1.29 is 0 Å². The van der Waals surface area contributed by atoms with Crippen molar-refractivity contribution in [1.82, 2.24) is 9.97 Å². The summed E-state index contributed by atoms with van der Waals surface area (Å²) >= 11 is 0. The number of halogens is 1. The molecule has 0 fully saturated rings. The number of nitrogens with zero attached hydrogens (tertiary/aromatic N) is 3. The smallest absolute Gasteiger partial charge is 0.148 e. The van der Waals surface area contributed by atoms with E-state index in [9.17, 15) is 0 Å². The summed E-state index contributed by atoms with van der Waals surface area (Å²) in [5, 5.41) is 1.44. The van der Waals surface area contributed by atoms with Gasteiger partial charge in [0.2, 0.25) is 0 Å². The zero-order valence-corrected chi connectivity index (χ0v) is 8.76. The Morgan fingerprint density at radius 2 is 1.33 bits per heavy atom. The molecule has 0 aliphatic rings. The Morgan fingerprint density at radius 1 is 0.867 bits per heavy atom. The summed E-state index contributed by atoms with van der Waals surface area (Å²) in [5.74, 6) is 7.17. The van der Waals surface area contributed by atoms with E-state index in [2.05, 4.69) is 9.97 Å². The fourth-order valence-corrected chi connectivity index (χ4v) is 1.11. The minimum Gasteiger partial charge on any atom is -0.244 e. The van der Waals surface area contributed by atoms with Crippen LogP contribution in [0.15, 0.2) is 48.8 Å². The molecule has 0 amide bonds. The van der Waals surface area contributed by atoms with Gasteiger partial charge in [0.15, 0.2) is 0 Å². The minimum atomic E-state index is 0. The molecule has 0 bridgehead atoms. The third-order valence-electron chi connectivity index (χ3n) is 1.79. The molecule has 5 heteroatoms. The van der Waals surface area contributed by atoms with Crippen molar-refractivity contribution in [3.63, 3.8) is 0 Å². The van der Waals surface area contributed by atoms with Gasteiger partial charge in [0, 0.05) is 12.4 Å². The van der Waals surface area contributed by atoms with Gasteiger partial charge in [-0.05, 0) is 24.3 Å². The van der Waals surface area contributed by atoms with E-state index in [4.69, 9.17) is 5.84 Å². The SMILES string of the molecule is Cl.NN(c1ccccn1)c1ccccn1. The Kier molecular flexibility index (Phi) is 4.03. The third-order valence-corrected chi connectivity index (χ3v) is 1.79. The zero-order valence-electron chi connectivity index (χ0n) is 7.95. The fourth-order valence-electron chi connectivity index (χ4n) is 1.11. The fraction of sp³-hybridized carbons (Fsp3) is 0. The van der Waals surface area contributed by atoms with Crippen molar-refractivity contribution in [2.75, 3.05) is 5.01 Å². The van der Waals surface area contributed by atoms with Crippen LogP contribution >= 0.6 is 12.4 Å². The van der Waals surface area contributed by atoms with Crippen molar-refractivity contribution in [2.24, 2.45) is 5.84 Å². The van der Waals surface area contributed by atoms with Crippen molar-refractivity contribution in [3.05, 3.63) is 48.8 Å². The minimum absolute atomic E-state index is 0. The van der Waals surface area contributed by atoms with Gasteiger partial charge in [0.25, 0.3) is 0 Å². The standard InChI is InChI=1S/C10H10N4.ClH/c11-14(9-5-1-3-7-12-9)10-6-2-4-8-13-10;/h1-8H,11H2;1H. The van der Waals surface area contributed by atoms with Crippen LogP contribution in [0.1, 0.15) is 0 Å². The molecular weight excluding hydrogens is 212 g/mol. The number of aromatic nitrogens is 2. The lowest BCUT2D eigenvalue weighted by atomic mass is 10.4. The number of hydrazine groups is 1. The number of hydrogen-bond donors (Lipinski definition) is 1. The average Bonchev–Trinajstić information content (AvgIpc) is 2.30. The third kappa shape index (κ3) is 2.65. The molecule has 0 saturated carbocycles. The van der Waals surface area contributed by atoms with Gasteiger partial charge < -0.3 is 0 Å². The summed E-state index contributed by atoms with van der Waals surface area (Å²) in [4.78, 5) is 8.23. The molecule has 0 unspecified atom stereocenters. The van der Waals surface area contributed by atoms with Crippen molar-refractivity contribution in [3.8, 4) is 0 Å². The van der Waals surface area contributed by atoms with E-state index in [1.807, 2.05) is 36.4 Å². The molecule has 2 N–H and O–H groups in total. The molecule has 15 heavy (non-hydrogen) atoms. The van der Waals surface area contributed by atoms with Crippen molar-refractivity contribution in [1.29, 1.82) is 0 Å². The molecule has 2 aromatic heterocycles. The second-order valence-electron chi connectivity index (χ2n) is 2.75. The monoisotopic (exact) mass is 222 g/mol. The second-order valence-corrected chi connectivity index (χ2v) is 2.75. The predicted octanol–water partition coefficient (Wildman–Crippen LogP) is 1.91. The van der Waals surface area contributed by atoms with Crippen LogP contribution in [0.5, 0.6) is 0 Å². The number of anilines is 2. The molecule has 2 heterocycles. The highest BCUT2D eigenvalue weighted by molar-refractivity contribution is 5.85. The van der Waals surface area contributed by atoms with Crippen LogP contribution in [0, 0.1) is 0 Å². The molecule has 0 saturated heterocycles. The summed E-state index contributed by atoms with van der Waals surface area (Å²) in [6.45, 7) is 0. The first-order valence-corrected chi connectivity index (χ1v) is 4.25. The van der Waals surface area contributed by atoms with E-state index in [1.54, 1.807) is 12.4 Å². The molecule has 0 radical (unpaired) electrons. The quantitative estimate of drug-likeness (QED) is 0.623. The number of hydrogen-bond acceptors (Lipinski definition) is 4. The average molecular weight is 223 g/mol. The Bertz CT molecular complexity index is 353. The lowest BCUT2D eigenvalue weighted by Gasteiger charge is -2.15. The Labute approximate surface area is 94.2 Å². The van der Waals surface area contributed by atoms with Gasteiger partial charge in [-0.3, -0.25) is 0 Å². The lowest BCUT2D eigenvalue weighted by molar-refractivity contribution is 0.999. The number of nitrogens with two attached hydrogens (primary N) is 1. The van der Waals surface area contributed by atoms with E-state index in [0.29, 0.717) is 11.6 Å². The van der Waals surface area contributed by atoms with Gasteiger partial charge in [-0.15, -0.1) is 12.4 Å². The summed E-state index contributed by atoms with van der Waals surface area (Å²) in [6, 6.07) is 11.1. The van der Waals surface area contributed by atoms with Crippen LogP contribution < -0.4 is 10.9 Å². The van der Waals surface area contributed by atoms with Gasteiger partial charge in [-0.2, -0.15) is 0 Å². The summed E-state index contributed by atoms with van der Waals surface area (Å²) in [6.07, 6.45) is 3.39. The first-order chi connectivity index (χ1) is 6.88. The summed E-state index contributed by atoms with van der Waals surface area (Å²) in [7, 11) is 0. The van der Waals surface area contributed by atoms with Gasteiger partial charge >= 0.3 is 0 Å². The Hall–Kier alpha value is -1.65. The molecular formula is C10H11ClN4. The first kappa shape index (κ1) is 11.4. The first-order valence-electron chi connectivity index (χ1n) is 4.25. The largest absolute Gasteiger partial charge is 0.244 e. The van der Waals surface area contributed by atoms with Crippen molar-refractivity contribution >= 4 is 24.0 Å². The maximum Gasteiger partial charge on any atom is 0.148 e. The molecule has 0 aliphatic heterocycles. The normalized spacial score (nSPS) is 9.13. The van der Waals surface area contributed by atoms with E-state index in [0.717, 1.165) is 0 Å². The Morgan fingerprint density at radius 3 is 1.67 bits per heavy atom. The summed E-state index contributed by atoms with van der Waals surface area (Å²) < 4.78 is 0. The van der Waals surface area contributed by atoms with Gasteiger partial charge in [-0.1, -0.05) is 12.1 Å². The number of pyridine rings is 2. The maximum atomic E-state index is 5.82. The predicted molar refractivity (Wildman–Crippen MR) is 62.0 cm³/mol. The molecule has 4 nitrogen and oxygen atoms in total. The Balaban J connectivity index is 0.00000112. The van der Waals surface area contributed by atoms with Crippen molar-refractivity contribution in [2.45, 2.75) is 0 Å². The topological polar surface area (TPSA) is 55.0 Å². The van der Waals surface area contributed by atoms with Crippen LogP contribution in [0.25, 0.3) is 0 Å². The highest BCUT2D eigenvalue weighted by Gasteiger charge is 2.04. The summed E-state index contributed by atoms with van der Waals surface area (Å²) in [5.41, 5.74) is 0. The van der Waals surface area contributed by atoms with Crippen LogP contribution in [-0.2, 0) is 0 Å². The zero-order chi connectivity index (χ0) is 9.80. The van der Waals surface area contributed by atoms with Gasteiger partial charge in [0.05, 0.1) is 0 Å². The second kappa shape index (κ2) is 5.29. The molecule has 0 aliphatic carbocycles. The molecule has 2 rings (SSSR count). The van der Waals surface area contributed by atoms with Crippen LogP contribution in [-0.4, -0.2) is 9.97 Å². The van der Waals surface area contributed by atoms with E-state index in [1.165, 1.54) is 5.01 Å². The molecule has 2 aromatic rings. The molecule has 0 spiro atoms. The molecule has 0 atom stereocenters. The van der Waals surface area contributed by atoms with E-state index < -0.39 is 0 Å². The number of rotatable bonds is 2. The van der Waals surface area contributed by atoms with Crippen LogP contribution in [0.4, 0.5) is 11.6 Å². The highest BCUT2D eigenvalue weighted by Crippen LogP contribution is 2.15. The van der Waals surface area contributed by atoms with Gasteiger partial charge in [-0.25, -0.2) is 20.8 Å². The van der Waals surface area contributed by atoms with Gasteiger partial charge in [0.1, 0.15) is 11.6 Å². The lowest BCUT2D eigenvalue weighted by Crippen LogP contribution is -2.26. The van der Waals surface area contributed by atoms with E-state index >= 15 is 0 Å². The molecule has 0 aromatic carbocycles. The molecule has 78 valence electrons. The van der Waals surface area contributed by atoms with E-state index in [-0.39, 0.29) is 12.4 Å². The maximum absolute atomic E-state index is 5.82. The van der Waals surface area contributed by atoms with Crippen LogP contribution in [0.3, 0.4) is 0 Å². The highest BCUT2D eigenvalue weighted by atomic mass is 35.5. The van der Waals surface area contributed by atoms with Crippen LogP contribution in [0.2, 0.25) is 0 Å².